The number of nitrogens with zero attached hydrogens (tertiary/aromatic N) is 3. The molecule has 4 heteroatoms. The molecule has 0 unspecified atom stereocenters. The fourth-order valence-corrected chi connectivity index (χ4v) is 1.34. The van der Waals surface area contributed by atoms with Crippen LogP contribution in [0.4, 0.5) is 5.95 Å². The minimum Gasteiger partial charge on any atom is -0.339 e. The summed E-state index contributed by atoms with van der Waals surface area (Å²) in [7, 11) is 1.99. The van der Waals surface area contributed by atoms with E-state index in [9.17, 15) is 0 Å². The fourth-order valence-electron chi connectivity index (χ4n) is 1.34. The van der Waals surface area contributed by atoms with Crippen molar-refractivity contribution in [3.8, 4) is 0 Å². The van der Waals surface area contributed by atoms with E-state index in [-0.39, 0.29) is 0 Å². The number of imidazole rings is 1. The van der Waals surface area contributed by atoms with Gasteiger partial charge in [-0.25, -0.2) is 4.98 Å². The first-order valence-corrected chi connectivity index (χ1v) is 3.75. The van der Waals surface area contributed by atoms with Crippen LogP contribution >= 0.6 is 0 Å². The Balaban J connectivity index is 2.12. The van der Waals surface area contributed by atoms with Crippen LogP contribution in [0.25, 0.3) is 0 Å². The molecule has 11 heavy (non-hydrogen) atoms. The summed E-state index contributed by atoms with van der Waals surface area (Å²) in [4.78, 5) is 6.38. The molecule has 2 heterocycles. The van der Waals surface area contributed by atoms with E-state index in [2.05, 4.69) is 9.88 Å². The van der Waals surface area contributed by atoms with Crippen LogP contribution in [0.15, 0.2) is 12.4 Å². The van der Waals surface area contributed by atoms with Crippen LogP contribution in [-0.4, -0.2) is 28.7 Å². The molecular weight excluding hydrogens is 140 g/mol. The third-order valence-electron chi connectivity index (χ3n) is 1.99. The first-order chi connectivity index (χ1) is 5.27. The quantitative estimate of drug-likeness (QED) is 0.594. The second kappa shape index (κ2) is 2.23. The van der Waals surface area contributed by atoms with Crippen LogP contribution in [0.5, 0.6) is 0 Å². The van der Waals surface area contributed by atoms with Gasteiger partial charge in [0, 0.05) is 38.6 Å². The number of nitrogens with two attached hydrogens (primary N) is 1. The van der Waals surface area contributed by atoms with E-state index in [0.717, 1.165) is 19.0 Å². The van der Waals surface area contributed by atoms with E-state index < -0.39 is 0 Å². The van der Waals surface area contributed by atoms with Crippen molar-refractivity contribution in [2.75, 3.05) is 18.0 Å². The normalized spacial score (nSPS) is 18.5. The van der Waals surface area contributed by atoms with Crippen molar-refractivity contribution in [1.29, 1.82) is 0 Å². The number of aromatic nitrogens is 2. The van der Waals surface area contributed by atoms with Gasteiger partial charge in [0.25, 0.3) is 0 Å². The van der Waals surface area contributed by atoms with Crippen LogP contribution in [-0.2, 0) is 7.05 Å². The Hall–Kier alpha value is -1.03. The molecule has 2 rings (SSSR count). The van der Waals surface area contributed by atoms with Gasteiger partial charge in [-0.3, -0.25) is 0 Å². The molecule has 0 aliphatic carbocycles. The highest BCUT2D eigenvalue weighted by molar-refractivity contribution is 5.35. The first-order valence-electron chi connectivity index (χ1n) is 3.75. The van der Waals surface area contributed by atoms with Gasteiger partial charge in [0.2, 0.25) is 5.95 Å². The molecule has 1 aliphatic rings. The van der Waals surface area contributed by atoms with E-state index >= 15 is 0 Å². The third-order valence-corrected chi connectivity index (χ3v) is 1.99. The van der Waals surface area contributed by atoms with E-state index in [0.29, 0.717) is 6.04 Å². The predicted molar refractivity (Wildman–Crippen MR) is 43.4 cm³/mol. The van der Waals surface area contributed by atoms with Gasteiger partial charge < -0.3 is 15.2 Å². The molecule has 0 saturated carbocycles. The maximum absolute atomic E-state index is 5.65. The van der Waals surface area contributed by atoms with Gasteiger partial charge in [0.15, 0.2) is 0 Å². The number of anilines is 1. The molecule has 0 atom stereocenters. The van der Waals surface area contributed by atoms with Gasteiger partial charge in [0.1, 0.15) is 0 Å². The van der Waals surface area contributed by atoms with Gasteiger partial charge in [-0.1, -0.05) is 0 Å². The average Bonchev–Trinajstić information content (AvgIpc) is 2.29. The van der Waals surface area contributed by atoms with Crippen LogP contribution in [0.2, 0.25) is 0 Å². The fraction of sp³-hybridized carbons (Fsp3) is 0.571. The summed E-state index contributed by atoms with van der Waals surface area (Å²) in [5.41, 5.74) is 5.65. The van der Waals surface area contributed by atoms with E-state index in [1.165, 1.54) is 0 Å². The highest BCUT2D eigenvalue weighted by atomic mass is 15.3. The van der Waals surface area contributed by atoms with Gasteiger partial charge in [-0.15, -0.1) is 0 Å². The lowest BCUT2D eigenvalue weighted by atomic mass is 10.1. The lowest BCUT2D eigenvalue weighted by Gasteiger charge is -2.37. The Morgan fingerprint density at radius 3 is 2.82 bits per heavy atom. The molecule has 60 valence electrons. The van der Waals surface area contributed by atoms with E-state index in [1.807, 2.05) is 17.8 Å². The SMILES string of the molecule is Cn1ccnc1N1CC(N)C1. The molecule has 0 amide bonds. The Labute approximate surface area is 65.6 Å². The molecule has 4 nitrogen and oxygen atoms in total. The molecular formula is C7H12N4. The third kappa shape index (κ3) is 0.991. The molecule has 0 bridgehead atoms. The smallest absolute Gasteiger partial charge is 0.205 e. The zero-order chi connectivity index (χ0) is 7.84. The van der Waals surface area contributed by atoms with Crippen molar-refractivity contribution in [3.05, 3.63) is 12.4 Å². The zero-order valence-electron chi connectivity index (χ0n) is 6.57. The summed E-state index contributed by atoms with van der Waals surface area (Å²) < 4.78 is 2.01. The molecule has 1 aromatic rings. The summed E-state index contributed by atoms with van der Waals surface area (Å²) >= 11 is 0. The number of hydrogen-bond acceptors (Lipinski definition) is 3. The molecule has 1 fully saturated rings. The van der Waals surface area contributed by atoms with Crippen molar-refractivity contribution in [3.63, 3.8) is 0 Å². The first kappa shape index (κ1) is 6.67. The van der Waals surface area contributed by atoms with Crippen LogP contribution in [0, 0.1) is 0 Å². The van der Waals surface area contributed by atoms with Crippen molar-refractivity contribution < 1.29 is 0 Å². The Kier molecular flexibility index (Phi) is 1.35. The van der Waals surface area contributed by atoms with Gasteiger partial charge in [0.05, 0.1) is 0 Å². The highest BCUT2D eigenvalue weighted by Crippen LogP contribution is 2.15. The van der Waals surface area contributed by atoms with Crippen molar-refractivity contribution in [2.24, 2.45) is 12.8 Å². The summed E-state index contributed by atoms with van der Waals surface area (Å²) in [6.07, 6.45) is 3.75. The predicted octanol–water partition coefficient (Wildman–Crippen LogP) is -0.433. The lowest BCUT2D eigenvalue weighted by molar-refractivity contribution is 0.503. The van der Waals surface area contributed by atoms with E-state index in [4.69, 9.17) is 5.73 Å². The van der Waals surface area contributed by atoms with Crippen molar-refractivity contribution >= 4 is 5.95 Å². The van der Waals surface area contributed by atoms with Crippen LogP contribution in [0.1, 0.15) is 0 Å². The highest BCUT2D eigenvalue weighted by Gasteiger charge is 2.25. The van der Waals surface area contributed by atoms with Gasteiger partial charge in [-0.2, -0.15) is 0 Å². The summed E-state index contributed by atoms with van der Waals surface area (Å²) in [5, 5.41) is 0. The molecule has 0 spiro atoms. The van der Waals surface area contributed by atoms with Gasteiger partial charge >= 0.3 is 0 Å². The molecule has 1 aliphatic heterocycles. The molecule has 1 saturated heterocycles. The largest absolute Gasteiger partial charge is 0.339 e. The monoisotopic (exact) mass is 152 g/mol. The number of rotatable bonds is 1. The van der Waals surface area contributed by atoms with Crippen molar-refractivity contribution in [1.82, 2.24) is 9.55 Å². The van der Waals surface area contributed by atoms with Crippen LogP contribution in [0.3, 0.4) is 0 Å². The van der Waals surface area contributed by atoms with Crippen LogP contribution < -0.4 is 10.6 Å². The molecule has 0 aromatic carbocycles. The average molecular weight is 152 g/mol. The minimum atomic E-state index is 0.340. The maximum atomic E-state index is 5.65. The maximum Gasteiger partial charge on any atom is 0.205 e. The summed E-state index contributed by atoms with van der Waals surface area (Å²) in [5.74, 6) is 1.02. The molecule has 1 aromatic heterocycles. The van der Waals surface area contributed by atoms with E-state index in [1.54, 1.807) is 6.20 Å². The number of aryl methyl sites for hydroxylation is 1. The van der Waals surface area contributed by atoms with Crippen molar-refractivity contribution in [2.45, 2.75) is 6.04 Å². The summed E-state index contributed by atoms with van der Waals surface area (Å²) in [6, 6.07) is 0.340. The minimum absolute atomic E-state index is 0.340. The Morgan fingerprint density at radius 2 is 2.36 bits per heavy atom. The Bertz CT molecular complexity index is 249. The standard InChI is InChI=1S/C7H12N4/c1-10-3-2-9-7(10)11-4-6(8)5-11/h2-3,6H,4-5,8H2,1H3. The Morgan fingerprint density at radius 1 is 1.64 bits per heavy atom. The zero-order valence-corrected chi connectivity index (χ0v) is 6.57. The molecule has 2 N–H and O–H groups in total. The van der Waals surface area contributed by atoms with Gasteiger partial charge in [-0.05, 0) is 0 Å². The second-order valence-electron chi connectivity index (χ2n) is 3.00. The number of hydrogen-bond donors (Lipinski definition) is 1. The second-order valence-corrected chi connectivity index (χ2v) is 3.00. The molecule has 0 radical (unpaired) electrons. The lowest BCUT2D eigenvalue weighted by Crippen LogP contribution is -2.56. The summed E-state index contributed by atoms with van der Waals surface area (Å²) in [6.45, 7) is 1.87. The topological polar surface area (TPSA) is 47.1 Å².